The quantitative estimate of drug-likeness (QED) is 0.247. The number of benzene rings is 1. The van der Waals surface area contributed by atoms with Gasteiger partial charge in [-0.25, -0.2) is 0 Å². The minimum atomic E-state index is -0.296. The summed E-state index contributed by atoms with van der Waals surface area (Å²) in [7, 11) is 0. The predicted molar refractivity (Wildman–Crippen MR) is 131 cm³/mol. The van der Waals surface area contributed by atoms with Crippen molar-refractivity contribution < 1.29 is 14.3 Å². The molecule has 178 valence electrons. The van der Waals surface area contributed by atoms with Gasteiger partial charge in [-0.2, -0.15) is 0 Å². The van der Waals surface area contributed by atoms with E-state index < -0.39 is 0 Å². The molecule has 0 N–H and O–H groups in total. The highest BCUT2D eigenvalue weighted by atomic mass is 16.5. The van der Waals surface area contributed by atoms with Gasteiger partial charge < -0.3 is 4.74 Å². The molecule has 2 fully saturated rings. The molecule has 1 aromatic rings. The van der Waals surface area contributed by atoms with E-state index in [1.165, 1.54) is 24.8 Å². The molecule has 2 atom stereocenters. The number of Topliss-reactive ketones (excluding diaryl/α,β-unsaturated/α-hetero) is 2. The van der Waals surface area contributed by atoms with Crippen LogP contribution < -0.4 is 4.74 Å². The summed E-state index contributed by atoms with van der Waals surface area (Å²) in [6.07, 6.45) is 14.8. The summed E-state index contributed by atoms with van der Waals surface area (Å²) in [6, 6.07) is 8.69. The van der Waals surface area contributed by atoms with Crippen molar-refractivity contribution >= 4 is 11.6 Å². The lowest BCUT2D eigenvalue weighted by atomic mass is 9.73. The van der Waals surface area contributed by atoms with Crippen LogP contribution in [0.2, 0.25) is 0 Å². The van der Waals surface area contributed by atoms with E-state index in [2.05, 4.69) is 38.1 Å². The van der Waals surface area contributed by atoms with Crippen molar-refractivity contribution in [3.8, 4) is 5.75 Å². The van der Waals surface area contributed by atoms with Gasteiger partial charge in [0.1, 0.15) is 17.3 Å². The number of hydrogen-bond donors (Lipinski definition) is 0. The van der Waals surface area contributed by atoms with Crippen LogP contribution in [-0.2, 0) is 9.59 Å². The molecule has 0 saturated heterocycles. The summed E-state index contributed by atoms with van der Waals surface area (Å²) in [5.41, 5.74) is 1.40. The fourth-order valence-electron chi connectivity index (χ4n) is 5.77. The Morgan fingerprint density at radius 3 is 2.25 bits per heavy atom. The molecular formula is C29H44O3. The molecule has 0 radical (unpaired) electrons. The zero-order valence-electron chi connectivity index (χ0n) is 20.5. The minimum Gasteiger partial charge on any atom is -0.494 e. The van der Waals surface area contributed by atoms with Gasteiger partial charge in [0.25, 0.3) is 0 Å². The van der Waals surface area contributed by atoms with Crippen LogP contribution in [0.1, 0.15) is 115 Å². The Balaban J connectivity index is 1.38. The average Bonchev–Trinajstić information content (AvgIpc) is 2.80. The number of rotatable bonds is 12. The van der Waals surface area contributed by atoms with E-state index in [-0.39, 0.29) is 17.5 Å². The Labute approximate surface area is 195 Å². The van der Waals surface area contributed by atoms with Gasteiger partial charge in [0.15, 0.2) is 0 Å². The average molecular weight is 441 g/mol. The molecule has 1 aromatic carbocycles. The third kappa shape index (κ3) is 7.46. The molecule has 0 aromatic heterocycles. The minimum absolute atomic E-state index is 0.223. The first-order valence-corrected chi connectivity index (χ1v) is 13.4. The second-order valence-corrected chi connectivity index (χ2v) is 10.3. The molecule has 2 saturated carbocycles. The van der Waals surface area contributed by atoms with Crippen LogP contribution >= 0.6 is 0 Å². The second kappa shape index (κ2) is 13.2. The van der Waals surface area contributed by atoms with Crippen molar-refractivity contribution in [1.82, 2.24) is 0 Å². The first-order chi connectivity index (χ1) is 15.6. The Hall–Kier alpha value is -1.64. The molecule has 2 aliphatic rings. The molecule has 0 bridgehead atoms. The highest BCUT2D eigenvalue weighted by Crippen LogP contribution is 2.39. The molecule has 0 aliphatic heterocycles. The van der Waals surface area contributed by atoms with Gasteiger partial charge in [-0.3, -0.25) is 9.59 Å². The van der Waals surface area contributed by atoms with E-state index in [0.29, 0.717) is 30.6 Å². The fourth-order valence-corrected chi connectivity index (χ4v) is 5.77. The van der Waals surface area contributed by atoms with E-state index >= 15 is 0 Å². The highest BCUT2D eigenvalue weighted by Gasteiger charge is 2.34. The van der Waals surface area contributed by atoms with Crippen LogP contribution in [-0.4, -0.2) is 18.2 Å². The lowest BCUT2D eigenvalue weighted by molar-refractivity contribution is -0.136. The standard InChI is InChI=1S/C29H44O3/c1-3-5-6-7-19-32-26-16-14-25(15-17-26)24-12-9-23(10-13-24)21-29(31)27-18-11-22(8-4-2)20-28(27)30/h14-17,22-24,27H,3-13,18-21H2,1-2H3/t22?,23-,24-,27?. The molecule has 3 rings (SSSR count). The summed E-state index contributed by atoms with van der Waals surface area (Å²) in [5.74, 6) is 2.70. The van der Waals surface area contributed by atoms with E-state index in [1.807, 2.05) is 0 Å². The zero-order chi connectivity index (χ0) is 22.8. The molecule has 2 unspecified atom stereocenters. The van der Waals surface area contributed by atoms with Gasteiger partial charge in [-0.05, 0) is 80.4 Å². The topological polar surface area (TPSA) is 43.4 Å². The summed E-state index contributed by atoms with van der Waals surface area (Å²) < 4.78 is 5.88. The lowest BCUT2D eigenvalue weighted by Crippen LogP contribution is -2.32. The molecule has 3 heteroatoms. The maximum Gasteiger partial charge on any atom is 0.143 e. The lowest BCUT2D eigenvalue weighted by Gasteiger charge is -2.31. The maximum atomic E-state index is 12.8. The maximum absolute atomic E-state index is 12.8. The van der Waals surface area contributed by atoms with Crippen LogP contribution in [0.25, 0.3) is 0 Å². The summed E-state index contributed by atoms with van der Waals surface area (Å²) in [5, 5.41) is 0. The number of carbonyl (C=O) groups is 2. The van der Waals surface area contributed by atoms with Crippen molar-refractivity contribution in [3.05, 3.63) is 29.8 Å². The largest absolute Gasteiger partial charge is 0.494 e. The highest BCUT2D eigenvalue weighted by molar-refractivity contribution is 6.02. The van der Waals surface area contributed by atoms with E-state index in [9.17, 15) is 9.59 Å². The van der Waals surface area contributed by atoms with Crippen molar-refractivity contribution in [1.29, 1.82) is 0 Å². The number of unbranched alkanes of at least 4 members (excludes halogenated alkanes) is 3. The molecule has 0 heterocycles. The van der Waals surface area contributed by atoms with Gasteiger partial charge >= 0.3 is 0 Å². The molecule has 0 spiro atoms. The number of ketones is 2. The fraction of sp³-hybridized carbons (Fsp3) is 0.724. The van der Waals surface area contributed by atoms with Crippen molar-refractivity contribution in [2.75, 3.05) is 6.61 Å². The Kier molecular flexibility index (Phi) is 10.3. The molecule has 2 aliphatic carbocycles. The van der Waals surface area contributed by atoms with Crippen LogP contribution in [0.3, 0.4) is 0 Å². The van der Waals surface area contributed by atoms with E-state index in [1.54, 1.807) is 0 Å². The molecular weight excluding hydrogens is 396 g/mol. The third-order valence-corrected chi connectivity index (χ3v) is 7.78. The Morgan fingerprint density at radius 2 is 1.59 bits per heavy atom. The van der Waals surface area contributed by atoms with Crippen LogP contribution in [0, 0.1) is 17.8 Å². The summed E-state index contributed by atoms with van der Waals surface area (Å²) >= 11 is 0. The van der Waals surface area contributed by atoms with Crippen molar-refractivity contribution in [3.63, 3.8) is 0 Å². The van der Waals surface area contributed by atoms with Gasteiger partial charge in [-0.1, -0.05) is 58.1 Å². The van der Waals surface area contributed by atoms with Gasteiger partial charge in [-0.15, -0.1) is 0 Å². The number of carbonyl (C=O) groups excluding carboxylic acids is 2. The first-order valence-electron chi connectivity index (χ1n) is 13.4. The third-order valence-electron chi connectivity index (χ3n) is 7.78. The van der Waals surface area contributed by atoms with Crippen molar-refractivity contribution in [2.45, 2.75) is 110 Å². The SMILES string of the molecule is CCCCCCOc1ccc([C@H]2CC[C@H](CC(=O)C3CCC(CCC)CC3=O)CC2)cc1. The van der Waals surface area contributed by atoms with E-state index in [4.69, 9.17) is 4.74 Å². The zero-order valence-corrected chi connectivity index (χ0v) is 20.5. The van der Waals surface area contributed by atoms with Crippen molar-refractivity contribution in [2.24, 2.45) is 17.8 Å². The Bertz CT molecular complexity index is 700. The van der Waals surface area contributed by atoms with Gasteiger partial charge in [0, 0.05) is 12.8 Å². The van der Waals surface area contributed by atoms with Crippen LogP contribution in [0.5, 0.6) is 5.75 Å². The monoisotopic (exact) mass is 440 g/mol. The first kappa shape index (κ1) is 25.0. The van der Waals surface area contributed by atoms with E-state index in [0.717, 1.165) is 70.1 Å². The summed E-state index contributed by atoms with van der Waals surface area (Å²) in [6.45, 7) is 5.21. The molecule has 32 heavy (non-hydrogen) atoms. The van der Waals surface area contributed by atoms with Crippen LogP contribution in [0.4, 0.5) is 0 Å². The van der Waals surface area contributed by atoms with Gasteiger partial charge in [0.05, 0.1) is 12.5 Å². The molecule has 3 nitrogen and oxygen atoms in total. The number of hydrogen-bond acceptors (Lipinski definition) is 3. The smallest absolute Gasteiger partial charge is 0.143 e. The molecule has 0 amide bonds. The number of ether oxygens (including phenoxy) is 1. The van der Waals surface area contributed by atoms with Gasteiger partial charge in [0.2, 0.25) is 0 Å². The summed E-state index contributed by atoms with van der Waals surface area (Å²) in [4.78, 5) is 25.3. The Morgan fingerprint density at radius 1 is 0.875 bits per heavy atom. The van der Waals surface area contributed by atoms with Crippen LogP contribution in [0.15, 0.2) is 24.3 Å². The predicted octanol–water partition coefficient (Wildman–Crippen LogP) is 7.66. The normalized spacial score (nSPS) is 26.1. The second-order valence-electron chi connectivity index (χ2n) is 10.3.